The fourth-order valence-electron chi connectivity index (χ4n) is 2.79. The molecule has 0 bridgehead atoms. The van der Waals surface area contributed by atoms with Crippen molar-refractivity contribution in [1.82, 2.24) is 9.80 Å². The predicted molar refractivity (Wildman–Crippen MR) is 126 cm³/mol. The van der Waals surface area contributed by atoms with Gasteiger partial charge in [0, 0.05) is 19.1 Å². The summed E-state index contributed by atoms with van der Waals surface area (Å²) < 4.78 is 5.57. The van der Waals surface area contributed by atoms with Crippen molar-refractivity contribution < 1.29 is 29.3 Å². The Hall–Kier alpha value is -3.39. The van der Waals surface area contributed by atoms with Gasteiger partial charge >= 0.3 is 18.0 Å². The highest BCUT2D eigenvalue weighted by Gasteiger charge is 2.19. The summed E-state index contributed by atoms with van der Waals surface area (Å²) >= 11 is 0. The summed E-state index contributed by atoms with van der Waals surface area (Å²) in [5.41, 5.74) is 2.33. The molecule has 0 aliphatic heterocycles. The Morgan fingerprint density at radius 1 is 0.879 bits per heavy atom. The van der Waals surface area contributed by atoms with Gasteiger partial charge in [0.2, 0.25) is 0 Å². The quantitative estimate of drug-likeness (QED) is 0.577. The van der Waals surface area contributed by atoms with Crippen molar-refractivity contribution in [3.8, 4) is 5.75 Å². The molecule has 2 aromatic rings. The molecule has 1 amide bonds. The molecule has 8 nitrogen and oxygen atoms in total. The maximum absolute atomic E-state index is 12.5. The molecule has 0 unspecified atom stereocenters. The number of hydrogen-bond acceptors (Lipinski definition) is 5. The van der Waals surface area contributed by atoms with Gasteiger partial charge in [-0.05, 0) is 57.6 Å². The van der Waals surface area contributed by atoms with Gasteiger partial charge in [-0.3, -0.25) is 9.59 Å². The number of likely N-dealkylation sites (N-methyl/N-ethyl adjacent to an activating group) is 1. The molecular formula is C25H34N2O6. The van der Waals surface area contributed by atoms with Crippen LogP contribution in [0, 0.1) is 0 Å². The molecule has 8 heteroatoms. The lowest BCUT2D eigenvalue weighted by atomic mass is 10.1. The highest BCUT2D eigenvalue weighted by Crippen LogP contribution is 2.22. The molecule has 2 aromatic carbocycles. The topological polar surface area (TPSA) is 107 Å². The zero-order valence-electron chi connectivity index (χ0n) is 19.9. The molecular weight excluding hydrogens is 424 g/mol. The lowest BCUT2D eigenvalue weighted by molar-refractivity contribution is -0.143. The van der Waals surface area contributed by atoms with Gasteiger partial charge < -0.3 is 24.7 Å². The predicted octanol–water partition coefficient (Wildman–Crippen LogP) is 4.31. The summed E-state index contributed by atoms with van der Waals surface area (Å²) in [6.07, 6.45) is -0.132. The number of hydrogen-bond donors (Lipinski definition) is 2. The van der Waals surface area contributed by atoms with Crippen molar-refractivity contribution in [2.75, 3.05) is 21.1 Å². The van der Waals surface area contributed by atoms with Gasteiger partial charge in [0.1, 0.15) is 5.75 Å². The van der Waals surface area contributed by atoms with Crippen molar-refractivity contribution >= 4 is 18.0 Å². The first-order valence-electron chi connectivity index (χ1n) is 10.7. The smallest absolute Gasteiger partial charge is 0.415 e. The molecule has 2 atom stereocenters. The summed E-state index contributed by atoms with van der Waals surface area (Å²) in [7, 11) is 5.84. The van der Waals surface area contributed by atoms with Crippen LogP contribution in [0.25, 0.3) is 0 Å². The molecule has 0 aliphatic rings. The van der Waals surface area contributed by atoms with Gasteiger partial charge in [-0.1, -0.05) is 42.5 Å². The minimum Gasteiger partial charge on any atom is -0.481 e. The Balaban J connectivity index is 0.000000582. The fraction of sp³-hybridized carbons (Fsp3) is 0.400. The monoisotopic (exact) mass is 458 g/mol. The number of rotatable bonds is 9. The van der Waals surface area contributed by atoms with Crippen LogP contribution in [0.2, 0.25) is 0 Å². The number of nitrogens with zero attached hydrogens (tertiary/aromatic N) is 2. The van der Waals surface area contributed by atoms with E-state index in [0.29, 0.717) is 5.75 Å². The summed E-state index contributed by atoms with van der Waals surface area (Å²) in [6, 6.07) is 18.2. The van der Waals surface area contributed by atoms with Crippen molar-refractivity contribution in [3.63, 3.8) is 0 Å². The van der Waals surface area contributed by atoms with Gasteiger partial charge in [-0.2, -0.15) is 0 Å². The maximum Gasteiger partial charge on any atom is 0.415 e. The number of carbonyl (C=O) groups excluding carboxylic acids is 1. The van der Waals surface area contributed by atoms with Crippen LogP contribution in [-0.4, -0.2) is 65.2 Å². The molecule has 0 saturated heterocycles. The number of ether oxygens (including phenoxy) is 1. The van der Waals surface area contributed by atoms with E-state index in [4.69, 9.17) is 14.9 Å². The van der Waals surface area contributed by atoms with E-state index in [9.17, 15) is 14.4 Å². The van der Waals surface area contributed by atoms with E-state index in [-0.39, 0.29) is 31.0 Å². The minimum absolute atomic E-state index is 0.0544. The summed E-state index contributed by atoms with van der Waals surface area (Å²) in [6.45, 7) is 4.15. The van der Waals surface area contributed by atoms with Crippen LogP contribution in [0.5, 0.6) is 5.75 Å². The Kier molecular flexibility index (Phi) is 11.6. The van der Waals surface area contributed by atoms with E-state index < -0.39 is 11.9 Å². The number of benzene rings is 2. The zero-order valence-corrected chi connectivity index (χ0v) is 19.9. The highest BCUT2D eigenvalue weighted by molar-refractivity contribution is 5.75. The SMILES string of the molecule is C[C@H](Cc1ccccc1)N(C)C(=O)Oc1cccc([C@H](C)N(C)C)c1.O=C(O)CCC(=O)O. The van der Waals surface area contributed by atoms with Crippen molar-refractivity contribution in [3.05, 3.63) is 65.7 Å². The second-order valence-electron chi connectivity index (χ2n) is 8.02. The molecule has 0 saturated carbocycles. The average Bonchev–Trinajstić information content (AvgIpc) is 2.77. The largest absolute Gasteiger partial charge is 0.481 e. The van der Waals surface area contributed by atoms with Crippen LogP contribution < -0.4 is 4.74 Å². The highest BCUT2D eigenvalue weighted by atomic mass is 16.6. The van der Waals surface area contributed by atoms with Crippen LogP contribution in [0.3, 0.4) is 0 Å². The van der Waals surface area contributed by atoms with Crippen molar-refractivity contribution in [1.29, 1.82) is 0 Å². The number of carboxylic acid groups (broad SMARTS) is 2. The molecule has 0 aromatic heterocycles. The van der Waals surface area contributed by atoms with E-state index in [1.807, 2.05) is 63.5 Å². The van der Waals surface area contributed by atoms with E-state index in [0.717, 1.165) is 12.0 Å². The third-order valence-electron chi connectivity index (χ3n) is 5.20. The fourth-order valence-corrected chi connectivity index (χ4v) is 2.79. The van der Waals surface area contributed by atoms with E-state index >= 15 is 0 Å². The lowest BCUT2D eigenvalue weighted by Gasteiger charge is -2.25. The molecule has 0 spiro atoms. The summed E-state index contributed by atoms with van der Waals surface area (Å²) in [5.74, 6) is -1.57. The van der Waals surface area contributed by atoms with Gasteiger partial charge in [0.15, 0.2) is 0 Å². The summed E-state index contributed by atoms with van der Waals surface area (Å²) in [5, 5.41) is 15.8. The van der Waals surface area contributed by atoms with E-state index in [1.165, 1.54) is 5.56 Å². The van der Waals surface area contributed by atoms with Gasteiger partial charge in [-0.25, -0.2) is 4.79 Å². The Bertz CT molecular complexity index is 887. The molecule has 0 heterocycles. The Morgan fingerprint density at radius 3 is 1.97 bits per heavy atom. The summed E-state index contributed by atoms with van der Waals surface area (Å²) in [4.78, 5) is 35.5. The number of carbonyl (C=O) groups is 3. The molecule has 180 valence electrons. The van der Waals surface area contributed by atoms with Crippen molar-refractivity contribution in [2.45, 2.75) is 45.2 Å². The Morgan fingerprint density at radius 2 is 1.45 bits per heavy atom. The van der Waals surface area contributed by atoms with Gasteiger partial charge in [0.25, 0.3) is 0 Å². The molecule has 33 heavy (non-hydrogen) atoms. The first kappa shape index (κ1) is 27.6. The third kappa shape index (κ3) is 10.7. The van der Waals surface area contributed by atoms with Crippen LogP contribution in [0.1, 0.15) is 43.9 Å². The van der Waals surface area contributed by atoms with Crippen molar-refractivity contribution in [2.24, 2.45) is 0 Å². The normalized spacial score (nSPS) is 12.2. The van der Waals surface area contributed by atoms with Gasteiger partial charge in [0.05, 0.1) is 12.8 Å². The number of aliphatic carboxylic acids is 2. The molecule has 0 aliphatic carbocycles. The third-order valence-corrected chi connectivity index (χ3v) is 5.20. The standard InChI is InChI=1S/C21H28N2O2.C4H6O4/c1-16(14-18-10-7-6-8-11-18)23(5)21(24)25-20-13-9-12-19(15-20)17(2)22(3)4;5-3(6)1-2-4(7)8/h6-13,15-17H,14H2,1-5H3;1-2H2,(H,5,6)(H,7,8)/t16-,17+;/m1./s1. The maximum atomic E-state index is 12.5. The molecule has 2 rings (SSSR count). The van der Waals surface area contributed by atoms with E-state index in [2.05, 4.69) is 24.0 Å². The zero-order chi connectivity index (χ0) is 25.0. The first-order chi connectivity index (χ1) is 15.5. The molecule has 0 fully saturated rings. The molecule has 0 radical (unpaired) electrons. The van der Waals surface area contributed by atoms with Gasteiger partial charge in [-0.15, -0.1) is 0 Å². The van der Waals surface area contributed by atoms with Crippen LogP contribution >= 0.6 is 0 Å². The second-order valence-corrected chi connectivity index (χ2v) is 8.02. The molecule has 2 N–H and O–H groups in total. The number of amides is 1. The lowest BCUT2D eigenvalue weighted by Crippen LogP contribution is -2.38. The van der Waals surface area contributed by atoms with Crippen LogP contribution in [0.15, 0.2) is 54.6 Å². The van der Waals surface area contributed by atoms with E-state index in [1.54, 1.807) is 11.9 Å². The van der Waals surface area contributed by atoms with Crippen LogP contribution in [0.4, 0.5) is 4.79 Å². The second kappa shape index (κ2) is 13.9. The minimum atomic E-state index is -1.08. The Labute approximate surface area is 195 Å². The first-order valence-corrected chi connectivity index (χ1v) is 10.7. The number of carboxylic acids is 2. The van der Waals surface area contributed by atoms with Crippen LogP contribution in [-0.2, 0) is 16.0 Å². The average molecular weight is 459 g/mol.